The van der Waals surface area contributed by atoms with Crippen LogP contribution in [0.2, 0.25) is 0 Å². The predicted molar refractivity (Wildman–Crippen MR) is 101 cm³/mol. The van der Waals surface area contributed by atoms with E-state index in [1.54, 1.807) is 30.3 Å². The summed E-state index contributed by atoms with van der Waals surface area (Å²) in [6, 6.07) is 9.64. The summed E-state index contributed by atoms with van der Waals surface area (Å²) in [6.07, 6.45) is 1.31. The predicted octanol–water partition coefficient (Wildman–Crippen LogP) is 1.81. The first-order chi connectivity index (χ1) is 13.0. The molecule has 0 radical (unpaired) electrons. The lowest BCUT2D eigenvalue weighted by molar-refractivity contribution is -0.120. The summed E-state index contributed by atoms with van der Waals surface area (Å²) >= 11 is 3.28. The van der Waals surface area contributed by atoms with Crippen molar-refractivity contribution >= 4 is 34.0 Å². The molecule has 0 spiro atoms. The van der Waals surface area contributed by atoms with Crippen LogP contribution in [-0.2, 0) is 4.79 Å². The number of carbonyl (C=O) groups is 2. The summed E-state index contributed by atoms with van der Waals surface area (Å²) in [5.74, 6) is 0.183. The maximum absolute atomic E-state index is 12.1. The molecule has 0 unspecified atom stereocenters. The zero-order valence-corrected chi connectivity index (χ0v) is 15.7. The van der Waals surface area contributed by atoms with Crippen molar-refractivity contribution in [3.8, 4) is 17.2 Å². The van der Waals surface area contributed by atoms with Gasteiger partial charge in [-0.3, -0.25) is 9.59 Å². The van der Waals surface area contributed by atoms with E-state index in [1.807, 2.05) is 0 Å². The molecule has 9 heteroatoms. The van der Waals surface area contributed by atoms with Crippen LogP contribution in [0.1, 0.15) is 15.9 Å². The van der Waals surface area contributed by atoms with E-state index >= 15 is 0 Å². The zero-order chi connectivity index (χ0) is 19.2. The minimum absolute atomic E-state index is 0.0307. The number of fused-ring (bicyclic) bond motifs is 1. The summed E-state index contributed by atoms with van der Waals surface area (Å²) < 4.78 is 11.6. The van der Waals surface area contributed by atoms with E-state index in [2.05, 4.69) is 31.8 Å². The summed E-state index contributed by atoms with van der Waals surface area (Å²) in [5.41, 5.74) is 3.07. The van der Waals surface area contributed by atoms with Gasteiger partial charge in [0.1, 0.15) is 19.0 Å². The number of rotatable bonds is 5. The quantitative estimate of drug-likeness (QED) is 0.491. The van der Waals surface area contributed by atoms with Crippen molar-refractivity contribution in [2.24, 2.45) is 5.10 Å². The number of phenolic OH excluding ortho intramolecular Hbond substituents is 1. The van der Waals surface area contributed by atoms with Gasteiger partial charge in [-0.2, -0.15) is 5.10 Å². The van der Waals surface area contributed by atoms with Crippen LogP contribution in [0.4, 0.5) is 0 Å². The van der Waals surface area contributed by atoms with Crippen molar-refractivity contribution < 1.29 is 24.2 Å². The number of nitrogens with zero attached hydrogens (tertiary/aromatic N) is 1. The van der Waals surface area contributed by atoms with E-state index in [0.29, 0.717) is 35.8 Å². The highest BCUT2D eigenvalue weighted by molar-refractivity contribution is 9.10. The lowest BCUT2D eigenvalue weighted by atomic mass is 10.2. The first-order valence-corrected chi connectivity index (χ1v) is 8.80. The Kier molecular flexibility index (Phi) is 5.92. The van der Waals surface area contributed by atoms with Crippen LogP contribution < -0.4 is 20.2 Å². The molecule has 3 N–H and O–H groups in total. The first-order valence-electron chi connectivity index (χ1n) is 8.01. The van der Waals surface area contributed by atoms with E-state index in [4.69, 9.17) is 9.47 Å². The third kappa shape index (κ3) is 4.98. The van der Waals surface area contributed by atoms with Gasteiger partial charge in [0, 0.05) is 15.6 Å². The number of carbonyl (C=O) groups excluding carboxylic acids is 2. The van der Waals surface area contributed by atoms with Gasteiger partial charge < -0.3 is 19.9 Å². The van der Waals surface area contributed by atoms with Crippen molar-refractivity contribution in [1.29, 1.82) is 0 Å². The molecule has 0 fully saturated rings. The average molecular weight is 434 g/mol. The van der Waals surface area contributed by atoms with E-state index in [1.165, 1.54) is 12.3 Å². The first kappa shape index (κ1) is 18.7. The SMILES string of the molecule is O=C(CNC(=O)c1ccc2c(c1)OCCO2)NN=Cc1cc(Br)ccc1O. The smallest absolute Gasteiger partial charge is 0.259 e. The Labute approximate surface area is 163 Å². The molecule has 0 saturated carbocycles. The third-order valence-corrected chi connectivity index (χ3v) is 4.09. The number of nitrogens with one attached hydrogen (secondary N) is 2. The van der Waals surface area contributed by atoms with Gasteiger partial charge in [-0.15, -0.1) is 0 Å². The molecule has 0 aliphatic carbocycles. The van der Waals surface area contributed by atoms with Gasteiger partial charge >= 0.3 is 0 Å². The number of phenols is 1. The molecule has 140 valence electrons. The van der Waals surface area contributed by atoms with Crippen LogP contribution in [0, 0.1) is 0 Å². The molecular weight excluding hydrogens is 418 g/mol. The van der Waals surface area contributed by atoms with Gasteiger partial charge in [0.2, 0.25) is 0 Å². The number of halogens is 1. The fourth-order valence-electron chi connectivity index (χ4n) is 2.29. The molecule has 2 aromatic carbocycles. The number of amides is 2. The Balaban J connectivity index is 1.51. The lowest BCUT2D eigenvalue weighted by Gasteiger charge is -2.18. The van der Waals surface area contributed by atoms with Crippen LogP contribution in [0.25, 0.3) is 0 Å². The Morgan fingerprint density at radius 2 is 1.93 bits per heavy atom. The van der Waals surface area contributed by atoms with Gasteiger partial charge in [0.15, 0.2) is 11.5 Å². The summed E-state index contributed by atoms with van der Waals surface area (Å²) in [7, 11) is 0. The molecule has 0 bridgehead atoms. The Hall–Kier alpha value is -3.07. The molecule has 1 heterocycles. The van der Waals surface area contributed by atoms with Gasteiger partial charge in [-0.05, 0) is 36.4 Å². The second-order valence-electron chi connectivity index (χ2n) is 5.54. The minimum atomic E-state index is -0.508. The monoisotopic (exact) mass is 433 g/mol. The number of hydrogen-bond acceptors (Lipinski definition) is 6. The molecule has 1 aliphatic rings. The molecule has 1 aliphatic heterocycles. The third-order valence-electron chi connectivity index (χ3n) is 3.60. The number of benzene rings is 2. The van der Waals surface area contributed by atoms with Crippen molar-refractivity contribution in [2.45, 2.75) is 0 Å². The lowest BCUT2D eigenvalue weighted by Crippen LogP contribution is -2.35. The van der Waals surface area contributed by atoms with Crippen LogP contribution in [-0.4, -0.2) is 42.9 Å². The van der Waals surface area contributed by atoms with Crippen LogP contribution >= 0.6 is 15.9 Å². The fraction of sp³-hybridized carbons (Fsp3) is 0.167. The highest BCUT2D eigenvalue weighted by Crippen LogP contribution is 2.30. The van der Waals surface area contributed by atoms with Gasteiger partial charge in [0.05, 0.1) is 12.8 Å². The maximum atomic E-state index is 12.1. The van der Waals surface area contributed by atoms with Crippen LogP contribution in [0.3, 0.4) is 0 Å². The van der Waals surface area contributed by atoms with E-state index in [9.17, 15) is 14.7 Å². The summed E-state index contributed by atoms with van der Waals surface area (Å²) in [5, 5.41) is 15.9. The number of hydrazone groups is 1. The molecular formula is C18H16BrN3O5. The summed E-state index contributed by atoms with van der Waals surface area (Å²) in [4.78, 5) is 23.9. The van der Waals surface area contributed by atoms with Gasteiger partial charge in [0.25, 0.3) is 11.8 Å². The molecule has 2 aromatic rings. The largest absolute Gasteiger partial charge is 0.507 e. The maximum Gasteiger partial charge on any atom is 0.259 e. The normalized spacial score (nSPS) is 12.6. The van der Waals surface area contributed by atoms with Gasteiger partial charge in [-0.25, -0.2) is 5.43 Å². The standard InChI is InChI=1S/C18H16BrN3O5/c19-13-2-3-14(23)12(7-13)9-21-22-17(24)10-20-18(25)11-1-4-15-16(8-11)27-6-5-26-15/h1-4,7-9,23H,5-6,10H2,(H,20,25)(H,22,24). The average Bonchev–Trinajstić information content (AvgIpc) is 2.68. The highest BCUT2D eigenvalue weighted by atomic mass is 79.9. The van der Waals surface area contributed by atoms with Crippen LogP contribution in [0.15, 0.2) is 46.0 Å². The summed E-state index contributed by atoms with van der Waals surface area (Å²) in [6.45, 7) is 0.637. The van der Waals surface area contributed by atoms with E-state index < -0.39 is 11.8 Å². The topological polar surface area (TPSA) is 109 Å². The van der Waals surface area contributed by atoms with Gasteiger partial charge in [-0.1, -0.05) is 15.9 Å². The van der Waals surface area contributed by atoms with Crippen molar-refractivity contribution in [1.82, 2.24) is 10.7 Å². The molecule has 2 amide bonds. The zero-order valence-electron chi connectivity index (χ0n) is 14.1. The number of aromatic hydroxyl groups is 1. The van der Waals surface area contributed by atoms with E-state index in [0.717, 1.165) is 4.47 Å². The highest BCUT2D eigenvalue weighted by Gasteiger charge is 2.15. The molecule has 3 rings (SSSR count). The number of ether oxygens (including phenoxy) is 2. The second kappa shape index (κ2) is 8.54. The Bertz CT molecular complexity index is 901. The molecule has 0 saturated heterocycles. The molecule has 8 nitrogen and oxygen atoms in total. The molecule has 0 aromatic heterocycles. The second-order valence-corrected chi connectivity index (χ2v) is 6.45. The Morgan fingerprint density at radius 1 is 1.15 bits per heavy atom. The van der Waals surface area contributed by atoms with E-state index in [-0.39, 0.29) is 12.3 Å². The van der Waals surface area contributed by atoms with Crippen LogP contribution in [0.5, 0.6) is 17.2 Å². The molecule has 27 heavy (non-hydrogen) atoms. The van der Waals surface area contributed by atoms with Crippen molar-refractivity contribution in [2.75, 3.05) is 19.8 Å². The molecule has 0 atom stereocenters. The van der Waals surface area contributed by atoms with Crippen molar-refractivity contribution in [3.63, 3.8) is 0 Å². The van der Waals surface area contributed by atoms with Crippen molar-refractivity contribution in [3.05, 3.63) is 52.0 Å². The fourth-order valence-corrected chi connectivity index (χ4v) is 2.67. The number of hydrogen-bond donors (Lipinski definition) is 3. The minimum Gasteiger partial charge on any atom is -0.507 e. The Morgan fingerprint density at radius 3 is 2.74 bits per heavy atom.